The Kier molecular flexibility index (Phi) is 3.78. The summed E-state index contributed by atoms with van der Waals surface area (Å²) in [6.45, 7) is 1.79. The molecule has 0 aliphatic carbocycles. The summed E-state index contributed by atoms with van der Waals surface area (Å²) in [6.07, 6.45) is 4.93. The number of nitrogens with one attached hydrogen (secondary N) is 1. The molecule has 0 spiro atoms. The van der Waals surface area contributed by atoms with Gasteiger partial charge in [0.2, 0.25) is 10.0 Å². The molecule has 2 aromatic rings. The number of nitrogens with zero attached hydrogens (tertiary/aromatic N) is 1. The van der Waals surface area contributed by atoms with Crippen LogP contribution in [0.3, 0.4) is 0 Å². The zero-order valence-electron chi connectivity index (χ0n) is 9.91. The number of hydrogen-bond donors (Lipinski definition) is 1. The van der Waals surface area contributed by atoms with Gasteiger partial charge in [-0.15, -0.1) is 0 Å². The first kappa shape index (κ1) is 12.8. The minimum Gasteiger partial charge on any atom is -0.469 e. The molecule has 0 unspecified atom stereocenters. The Hall–Kier alpha value is -1.66. The fraction of sp³-hybridized carbons (Fsp3) is 0.250. The maximum absolute atomic E-state index is 12.0. The molecule has 0 aromatic carbocycles. The van der Waals surface area contributed by atoms with E-state index in [1.807, 2.05) is 6.07 Å². The SMILES string of the molecule is C[C@@H](Cc1ccco1)NS(=O)(=O)c1cccnc1. The van der Waals surface area contributed by atoms with E-state index in [4.69, 9.17) is 4.42 Å². The van der Waals surface area contributed by atoms with Gasteiger partial charge in [0.05, 0.1) is 6.26 Å². The second kappa shape index (κ2) is 5.32. The molecule has 0 fully saturated rings. The van der Waals surface area contributed by atoms with E-state index in [2.05, 4.69) is 9.71 Å². The first-order chi connectivity index (χ1) is 8.58. The fourth-order valence-electron chi connectivity index (χ4n) is 1.61. The number of pyridine rings is 1. The quantitative estimate of drug-likeness (QED) is 0.892. The lowest BCUT2D eigenvalue weighted by atomic mass is 10.2. The van der Waals surface area contributed by atoms with Crippen LogP contribution >= 0.6 is 0 Å². The zero-order valence-corrected chi connectivity index (χ0v) is 10.7. The van der Waals surface area contributed by atoms with Crippen LogP contribution in [-0.4, -0.2) is 19.4 Å². The van der Waals surface area contributed by atoms with Crippen LogP contribution in [-0.2, 0) is 16.4 Å². The monoisotopic (exact) mass is 266 g/mol. The van der Waals surface area contributed by atoms with Crippen molar-refractivity contribution in [1.82, 2.24) is 9.71 Å². The summed E-state index contributed by atoms with van der Waals surface area (Å²) >= 11 is 0. The Morgan fingerprint density at radius 1 is 1.39 bits per heavy atom. The van der Waals surface area contributed by atoms with Crippen molar-refractivity contribution in [1.29, 1.82) is 0 Å². The Balaban J connectivity index is 2.05. The van der Waals surface area contributed by atoms with Gasteiger partial charge in [-0.05, 0) is 31.2 Å². The Morgan fingerprint density at radius 2 is 2.22 bits per heavy atom. The molecule has 6 heteroatoms. The highest BCUT2D eigenvalue weighted by molar-refractivity contribution is 7.89. The van der Waals surface area contributed by atoms with Crippen LogP contribution in [0.1, 0.15) is 12.7 Å². The lowest BCUT2D eigenvalue weighted by molar-refractivity contribution is 0.479. The van der Waals surface area contributed by atoms with Crippen molar-refractivity contribution in [2.24, 2.45) is 0 Å². The Labute approximate surface area is 106 Å². The van der Waals surface area contributed by atoms with Crippen molar-refractivity contribution >= 4 is 10.0 Å². The molecule has 0 aliphatic heterocycles. The maximum Gasteiger partial charge on any atom is 0.242 e. The van der Waals surface area contributed by atoms with Gasteiger partial charge in [-0.3, -0.25) is 4.98 Å². The second-order valence-corrected chi connectivity index (χ2v) is 5.71. The third-order valence-electron chi connectivity index (χ3n) is 2.39. The van der Waals surface area contributed by atoms with Gasteiger partial charge in [0.25, 0.3) is 0 Å². The molecule has 2 aromatic heterocycles. The Bertz CT molecular complexity index is 579. The highest BCUT2D eigenvalue weighted by Crippen LogP contribution is 2.09. The van der Waals surface area contributed by atoms with Gasteiger partial charge >= 0.3 is 0 Å². The van der Waals surface area contributed by atoms with Crippen molar-refractivity contribution in [3.05, 3.63) is 48.7 Å². The minimum absolute atomic E-state index is 0.163. The molecule has 0 saturated heterocycles. The van der Waals surface area contributed by atoms with Crippen molar-refractivity contribution in [3.63, 3.8) is 0 Å². The molecule has 96 valence electrons. The molecule has 5 nitrogen and oxygen atoms in total. The topological polar surface area (TPSA) is 72.2 Å². The van der Waals surface area contributed by atoms with Gasteiger partial charge in [0.1, 0.15) is 10.7 Å². The first-order valence-corrected chi connectivity index (χ1v) is 7.01. The molecule has 0 bridgehead atoms. The molecular formula is C12H14N2O3S. The van der Waals surface area contributed by atoms with E-state index < -0.39 is 10.0 Å². The summed E-state index contributed by atoms with van der Waals surface area (Å²) in [7, 11) is -3.52. The number of aromatic nitrogens is 1. The standard InChI is InChI=1S/C12H14N2O3S/c1-10(8-11-4-3-7-17-11)14-18(15,16)12-5-2-6-13-9-12/h2-7,9-10,14H,8H2,1H3/t10-/m0/s1. The molecule has 0 saturated carbocycles. The van der Waals surface area contributed by atoms with E-state index >= 15 is 0 Å². The van der Waals surface area contributed by atoms with E-state index in [0.29, 0.717) is 6.42 Å². The summed E-state index contributed by atoms with van der Waals surface area (Å²) in [5.41, 5.74) is 0. The number of sulfonamides is 1. The van der Waals surface area contributed by atoms with Crippen LogP contribution < -0.4 is 4.72 Å². The average molecular weight is 266 g/mol. The van der Waals surface area contributed by atoms with Gasteiger partial charge in [-0.1, -0.05) is 0 Å². The van der Waals surface area contributed by atoms with Crippen molar-refractivity contribution in [2.45, 2.75) is 24.3 Å². The van der Waals surface area contributed by atoms with Gasteiger partial charge in [-0.2, -0.15) is 0 Å². The lowest BCUT2D eigenvalue weighted by Crippen LogP contribution is -2.34. The molecule has 1 atom stereocenters. The molecule has 0 radical (unpaired) electrons. The maximum atomic E-state index is 12.0. The van der Waals surface area contributed by atoms with E-state index in [1.165, 1.54) is 18.5 Å². The third kappa shape index (κ3) is 3.18. The third-order valence-corrected chi connectivity index (χ3v) is 3.96. The van der Waals surface area contributed by atoms with Crippen LogP contribution in [0.25, 0.3) is 0 Å². The number of furan rings is 1. The second-order valence-electron chi connectivity index (χ2n) is 3.99. The number of hydrogen-bond acceptors (Lipinski definition) is 4. The fourth-order valence-corrected chi connectivity index (χ4v) is 2.82. The van der Waals surface area contributed by atoms with E-state index in [-0.39, 0.29) is 10.9 Å². The summed E-state index contributed by atoms with van der Waals surface area (Å²) < 4.78 is 31.7. The van der Waals surface area contributed by atoms with Gasteiger partial charge < -0.3 is 4.42 Å². The van der Waals surface area contributed by atoms with E-state index in [0.717, 1.165) is 5.76 Å². The van der Waals surface area contributed by atoms with Crippen LogP contribution in [0.4, 0.5) is 0 Å². The van der Waals surface area contributed by atoms with Gasteiger partial charge in [0, 0.05) is 24.9 Å². The lowest BCUT2D eigenvalue weighted by Gasteiger charge is -2.12. The molecule has 2 heterocycles. The Morgan fingerprint density at radius 3 is 2.83 bits per heavy atom. The van der Waals surface area contributed by atoms with Gasteiger partial charge in [0.15, 0.2) is 0 Å². The summed E-state index contributed by atoms with van der Waals surface area (Å²) in [4.78, 5) is 3.96. The van der Waals surface area contributed by atoms with Crippen LogP contribution in [0.5, 0.6) is 0 Å². The first-order valence-electron chi connectivity index (χ1n) is 5.52. The molecular weight excluding hydrogens is 252 g/mol. The molecule has 18 heavy (non-hydrogen) atoms. The van der Waals surface area contributed by atoms with Crippen LogP contribution in [0.2, 0.25) is 0 Å². The summed E-state index contributed by atoms with van der Waals surface area (Å²) in [5.74, 6) is 0.747. The zero-order chi connectivity index (χ0) is 13.0. The van der Waals surface area contributed by atoms with E-state index in [1.54, 1.807) is 25.3 Å². The smallest absolute Gasteiger partial charge is 0.242 e. The summed E-state index contributed by atoms with van der Waals surface area (Å²) in [6, 6.07) is 6.44. The number of rotatable bonds is 5. The molecule has 2 rings (SSSR count). The highest BCUT2D eigenvalue weighted by Gasteiger charge is 2.18. The predicted octanol–water partition coefficient (Wildman–Crippen LogP) is 1.58. The molecule has 1 N–H and O–H groups in total. The van der Waals surface area contributed by atoms with Gasteiger partial charge in [-0.25, -0.2) is 13.1 Å². The van der Waals surface area contributed by atoms with Crippen LogP contribution in [0.15, 0.2) is 52.2 Å². The normalized spacial score (nSPS) is 13.4. The largest absolute Gasteiger partial charge is 0.469 e. The van der Waals surface area contributed by atoms with Crippen LogP contribution in [0, 0.1) is 0 Å². The molecule has 0 amide bonds. The van der Waals surface area contributed by atoms with E-state index in [9.17, 15) is 8.42 Å². The van der Waals surface area contributed by atoms with Crippen molar-refractivity contribution < 1.29 is 12.8 Å². The summed E-state index contributed by atoms with van der Waals surface area (Å²) in [5, 5.41) is 0. The molecule has 0 aliphatic rings. The van der Waals surface area contributed by atoms with Crippen molar-refractivity contribution in [2.75, 3.05) is 0 Å². The highest BCUT2D eigenvalue weighted by atomic mass is 32.2. The minimum atomic E-state index is -3.52. The predicted molar refractivity (Wildman–Crippen MR) is 66.4 cm³/mol. The van der Waals surface area contributed by atoms with Crippen molar-refractivity contribution in [3.8, 4) is 0 Å². The average Bonchev–Trinajstić information content (AvgIpc) is 2.82.